The molecule has 0 saturated carbocycles. The number of hydrogen-bond acceptors (Lipinski definition) is 2. The fourth-order valence-electron chi connectivity index (χ4n) is 0.834. The molecule has 2 aromatic heterocycles. The molecule has 0 unspecified atom stereocenters. The van der Waals surface area contributed by atoms with Gasteiger partial charge < -0.3 is 0 Å². The molecule has 0 atom stereocenters. The third-order valence-corrected chi connectivity index (χ3v) is 2.00. The van der Waals surface area contributed by atoms with Gasteiger partial charge in [-0.25, -0.2) is 9.50 Å². The second-order valence-corrected chi connectivity index (χ2v) is 2.70. The molecule has 0 aliphatic rings. The van der Waals surface area contributed by atoms with E-state index >= 15 is 0 Å². The molecule has 5 heteroatoms. The maximum absolute atomic E-state index is 5.75. The Labute approximate surface area is 72.6 Å². The minimum absolute atomic E-state index is 0.283. The van der Waals surface area contributed by atoms with Crippen molar-refractivity contribution in [1.29, 1.82) is 0 Å². The van der Waals surface area contributed by atoms with Gasteiger partial charge in [-0.1, -0.05) is 23.2 Å². The third-order valence-electron chi connectivity index (χ3n) is 1.30. The Morgan fingerprint density at radius 3 is 2.91 bits per heavy atom. The largest absolute Gasteiger partial charge is 0.214 e. The Morgan fingerprint density at radius 2 is 2.18 bits per heavy atom. The molecule has 0 aliphatic heterocycles. The van der Waals surface area contributed by atoms with Gasteiger partial charge in [-0.2, -0.15) is 5.10 Å². The molecular weight excluding hydrogens is 185 g/mol. The van der Waals surface area contributed by atoms with Crippen LogP contribution in [0.3, 0.4) is 0 Å². The van der Waals surface area contributed by atoms with Gasteiger partial charge in [-0.3, -0.25) is 0 Å². The van der Waals surface area contributed by atoms with E-state index in [1.807, 2.05) is 0 Å². The summed E-state index contributed by atoms with van der Waals surface area (Å²) in [6.45, 7) is 0. The van der Waals surface area contributed by atoms with E-state index in [-0.39, 0.29) is 5.15 Å². The highest BCUT2D eigenvalue weighted by molar-refractivity contribution is 6.40. The predicted octanol–water partition coefficient (Wildman–Crippen LogP) is 2.04. The minimum Gasteiger partial charge on any atom is -0.214 e. The van der Waals surface area contributed by atoms with Crippen LogP contribution >= 0.6 is 23.2 Å². The molecule has 11 heavy (non-hydrogen) atoms. The zero-order valence-corrected chi connectivity index (χ0v) is 6.84. The fraction of sp³-hybridized carbons (Fsp3) is 0. The van der Waals surface area contributed by atoms with Gasteiger partial charge in [-0.05, 0) is 12.1 Å². The van der Waals surface area contributed by atoms with E-state index in [4.69, 9.17) is 23.2 Å². The smallest absolute Gasteiger partial charge is 0.170 e. The average molecular weight is 188 g/mol. The lowest BCUT2D eigenvalue weighted by Gasteiger charge is -1.88. The molecule has 0 bridgehead atoms. The van der Waals surface area contributed by atoms with E-state index in [0.717, 1.165) is 0 Å². The van der Waals surface area contributed by atoms with Crippen molar-refractivity contribution in [1.82, 2.24) is 14.6 Å². The van der Waals surface area contributed by atoms with E-state index in [9.17, 15) is 0 Å². The Balaban J connectivity index is 2.92. The zero-order valence-electron chi connectivity index (χ0n) is 5.33. The maximum atomic E-state index is 5.75. The van der Waals surface area contributed by atoms with Crippen molar-refractivity contribution in [3.8, 4) is 0 Å². The summed E-state index contributed by atoms with van der Waals surface area (Å²) in [6, 6.07) is 3.56. The van der Waals surface area contributed by atoms with Crippen LogP contribution in [0.25, 0.3) is 5.65 Å². The Bertz CT molecular complexity index is 396. The van der Waals surface area contributed by atoms with Crippen molar-refractivity contribution < 1.29 is 0 Å². The van der Waals surface area contributed by atoms with Gasteiger partial charge in [0.25, 0.3) is 0 Å². The zero-order chi connectivity index (χ0) is 7.84. The monoisotopic (exact) mass is 187 g/mol. The number of halogens is 2. The molecule has 56 valence electrons. The number of imidazole rings is 1. The van der Waals surface area contributed by atoms with E-state index in [0.29, 0.717) is 10.8 Å². The topological polar surface area (TPSA) is 30.2 Å². The summed E-state index contributed by atoms with van der Waals surface area (Å²) in [7, 11) is 0. The minimum atomic E-state index is 0.283. The van der Waals surface area contributed by atoms with Crippen LogP contribution in [0.15, 0.2) is 18.3 Å². The molecule has 0 amide bonds. The Morgan fingerprint density at radius 1 is 1.36 bits per heavy atom. The molecule has 0 radical (unpaired) electrons. The van der Waals surface area contributed by atoms with E-state index < -0.39 is 0 Å². The summed E-state index contributed by atoms with van der Waals surface area (Å²) >= 11 is 11.4. The second-order valence-electron chi connectivity index (χ2n) is 1.99. The second kappa shape index (κ2) is 2.36. The maximum Gasteiger partial charge on any atom is 0.170 e. The Hall–Kier alpha value is -0.800. The first-order valence-electron chi connectivity index (χ1n) is 2.94. The van der Waals surface area contributed by atoms with Gasteiger partial charge in [0.15, 0.2) is 16.0 Å². The Kier molecular flexibility index (Phi) is 1.47. The van der Waals surface area contributed by atoms with Crippen LogP contribution < -0.4 is 0 Å². The van der Waals surface area contributed by atoms with Crippen molar-refractivity contribution in [3.63, 3.8) is 0 Å². The number of aromatic nitrogens is 3. The molecule has 0 N–H and O–H groups in total. The standard InChI is InChI=1S/C6H3Cl2N3/c7-5-6(8)11-4(10-5)2-1-3-9-11/h1-3H. The van der Waals surface area contributed by atoms with E-state index in [1.54, 1.807) is 18.3 Å². The van der Waals surface area contributed by atoms with Crippen LogP contribution in [0.4, 0.5) is 0 Å². The van der Waals surface area contributed by atoms with Crippen molar-refractivity contribution in [2.24, 2.45) is 0 Å². The highest BCUT2D eigenvalue weighted by atomic mass is 35.5. The number of hydrogen-bond donors (Lipinski definition) is 0. The highest BCUT2D eigenvalue weighted by Gasteiger charge is 2.06. The van der Waals surface area contributed by atoms with Gasteiger partial charge in [0.05, 0.1) is 0 Å². The van der Waals surface area contributed by atoms with Crippen LogP contribution in [0.5, 0.6) is 0 Å². The molecule has 0 fully saturated rings. The first-order valence-corrected chi connectivity index (χ1v) is 3.69. The molecule has 0 spiro atoms. The number of fused-ring (bicyclic) bond motifs is 1. The van der Waals surface area contributed by atoms with Gasteiger partial charge in [0, 0.05) is 6.20 Å². The molecule has 2 aromatic rings. The molecule has 3 nitrogen and oxygen atoms in total. The lowest BCUT2D eigenvalue weighted by Crippen LogP contribution is -1.87. The average Bonchev–Trinajstić information content (AvgIpc) is 2.30. The van der Waals surface area contributed by atoms with Crippen molar-refractivity contribution in [3.05, 3.63) is 28.6 Å². The fourth-order valence-corrected chi connectivity index (χ4v) is 1.17. The first-order chi connectivity index (χ1) is 5.29. The van der Waals surface area contributed by atoms with E-state index in [1.165, 1.54) is 4.52 Å². The van der Waals surface area contributed by atoms with E-state index in [2.05, 4.69) is 10.1 Å². The predicted molar refractivity (Wildman–Crippen MR) is 43.0 cm³/mol. The molecule has 0 aromatic carbocycles. The van der Waals surface area contributed by atoms with Crippen LogP contribution in [-0.4, -0.2) is 14.6 Å². The molecule has 0 aliphatic carbocycles. The van der Waals surface area contributed by atoms with Crippen LogP contribution in [0.2, 0.25) is 10.3 Å². The molecular formula is C6H3Cl2N3. The summed E-state index contributed by atoms with van der Waals surface area (Å²) in [5.74, 6) is 0. The summed E-state index contributed by atoms with van der Waals surface area (Å²) < 4.78 is 1.48. The van der Waals surface area contributed by atoms with Crippen LogP contribution in [0, 0.1) is 0 Å². The van der Waals surface area contributed by atoms with Crippen LogP contribution in [0.1, 0.15) is 0 Å². The third kappa shape index (κ3) is 0.968. The molecule has 2 heterocycles. The van der Waals surface area contributed by atoms with Crippen LogP contribution in [-0.2, 0) is 0 Å². The van der Waals surface area contributed by atoms with Gasteiger partial charge >= 0.3 is 0 Å². The molecule has 2 rings (SSSR count). The molecule has 0 saturated heterocycles. The first kappa shape index (κ1) is 6.88. The van der Waals surface area contributed by atoms with Gasteiger partial charge in [0.2, 0.25) is 0 Å². The normalized spacial score (nSPS) is 10.7. The summed E-state index contributed by atoms with van der Waals surface area (Å²) in [5.41, 5.74) is 0.655. The summed E-state index contributed by atoms with van der Waals surface area (Å²) in [5, 5.41) is 4.57. The highest BCUT2D eigenvalue weighted by Crippen LogP contribution is 2.20. The SMILES string of the molecule is Clc1nc2cccnn2c1Cl. The summed E-state index contributed by atoms with van der Waals surface area (Å²) in [6.07, 6.45) is 1.62. The van der Waals surface area contributed by atoms with Gasteiger partial charge in [0.1, 0.15) is 0 Å². The quantitative estimate of drug-likeness (QED) is 0.633. The summed E-state index contributed by atoms with van der Waals surface area (Å²) in [4.78, 5) is 3.95. The lowest BCUT2D eigenvalue weighted by atomic mass is 10.6. The van der Waals surface area contributed by atoms with Crippen molar-refractivity contribution in [2.45, 2.75) is 0 Å². The number of rotatable bonds is 0. The van der Waals surface area contributed by atoms with Crippen molar-refractivity contribution >= 4 is 28.8 Å². The van der Waals surface area contributed by atoms with Gasteiger partial charge in [-0.15, -0.1) is 0 Å². The number of nitrogens with zero attached hydrogens (tertiary/aromatic N) is 3. The lowest BCUT2D eigenvalue weighted by molar-refractivity contribution is 0.936. The van der Waals surface area contributed by atoms with Crippen molar-refractivity contribution in [2.75, 3.05) is 0 Å².